The highest BCUT2D eigenvalue weighted by atomic mass is 31.2. The van der Waals surface area contributed by atoms with E-state index in [1.165, 1.54) is 0 Å². The first-order valence-electron chi connectivity index (χ1n) is 9.70. The van der Waals surface area contributed by atoms with Gasteiger partial charge in [-0.25, -0.2) is 0 Å². The van der Waals surface area contributed by atoms with Gasteiger partial charge in [0, 0.05) is 7.14 Å². The molecule has 0 spiro atoms. The van der Waals surface area contributed by atoms with Gasteiger partial charge >= 0.3 is 15.2 Å². The van der Waals surface area contributed by atoms with Crippen molar-refractivity contribution in [2.24, 2.45) is 0 Å². The van der Waals surface area contributed by atoms with Crippen LogP contribution in [0.1, 0.15) is 40.0 Å². The summed E-state index contributed by atoms with van der Waals surface area (Å²) in [5.41, 5.74) is 0. The van der Waals surface area contributed by atoms with Gasteiger partial charge in [-0.1, -0.05) is 49.7 Å². The highest BCUT2D eigenvalue weighted by Crippen LogP contribution is 2.73. The molecule has 3 nitrogen and oxygen atoms in total. The van der Waals surface area contributed by atoms with Gasteiger partial charge in [0.15, 0.2) is 5.40 Å². The van der Waals surface area contributed by atoms with Crippen molar-refractivity contribution in [1.82, 2.24) is 0 Å². The molecule has 0 heterocycles. The first-order valence-corrected chi connectivity index (χ1v) is 13.2. The van der Waals surface area contributed by atoms with Crippen molar-refractivity contribution in [2.45, 2.75) is 45.4 Å². The zero-order valence-electron chi connectivity index (χ0n) is 16.6. The quantitative estimate of drug-likeness (QED) is 0.366. The fourth-order valence-electron chi connectivity index (χ4n) is 3.38. The number of rotatable bonds is 11. The van der Waals surface area contributed by atoms with Gasteiger partial charge in [-0.2, -0.15) is 0 Å². The summed E-state index contributed by atoms with van der Waals surface area (Å²) < 4.78 is 25.5. The van der Waals surface area contributed by atoms with Crippen molar-refractivity contribution in [1.29, 1.82) is 0 Å². The van der Waals surface area contributed by atoms with Gasteiger partial charge in [0.1, 0.15) is 0 Å². The molecule has 0 saturated carbocycles. The SMILES string of the molecule is [B][P+](c1ccccc1)(c1ccccc1)C(CCCC)P(=O)(OCC)OCC. The molecule has 144 valence electrons. The second-order valence-corrected chi connectivity index (χ2v) is 12.3. The van der Waals surface area contributed by atoms with E-state index in [4.69, 9.17) is 16.6 Å². The van der Waals surface area contributed by atoms with Crippen LogP contribution < -0.4 is 10.6 Å². The third-order valence-corrected chi connectivity index (χ3v) is 12.3. The van der Waals surface area contributed by atoms with Crippen LogP contribution >= 0.6 is 14.7 Å². The smallest absolute Gasteiger partial charge is 0.306 e. The summed E-state index contributed by atoms with van der Waals surface area (Å²) in [7, 11) is 1.36. The van der Waals surface area contributed by atoms with Crippen molar-refractivity contribution in [3.05, 3.63) is 60.7 Å². The third-order valence-electron chi connectivity index (χ3n) is 4.64. The van der Waals surface area contributed by atoms with Crippen LogP contribution in [0.4, 0.5) is 0 Å². The summed E-state index contributed by atoms with van der Waals surface area (Å²) in [6.07, 6.45) is 2.63. The summed E-state index contributed by atoms with van der Waals surface area (Å²) in [5, 5.41) is 1.68. The van der Waals surface area contributed by atoms with Gasteiger partial charge in [0.25, 0.3) is 0 Å². The molecule has 1 atom stereocenters. The molecule has 0 N–H and O–H groups in total. The van der Waals surface area contributed by atoms with E-state index in [-0.39, 0.29) is 5.40 Å². The Morgan fingerprint density at radius 1 is 0.889 bits per heavy atom. The molecule has 0 aliphatic carbocycles. The predicted octanol–water partition coefficient (Wildman–Crippen LogP) is 5.52. The second-order valence-electron chi connectivity index (χ2n) is 6.45. The van der Waals surface area contributed by atoms with E-state index < -0.39 is 14.7 Å². The molecular weight excluding hydrogens is 373 g/mol. The lowest BCUT2D eigenvalue weighted by Gasteiger charge is -2.35. The Morgan fingerprint density at radius 2 is 1.33 bits per heavy atom. The van der Waals surface area contributed by atoms with E-state index in [1.807, 2.05) is 74.5 Å². The fraction of sp³-hybridized carbons (Fsp3) is 0.429. The molecule has 0 saturated heterocycles. The summed E-state index contributed by atoms with van der Waals surface area (Å²) in [6.45, 7) is 6.51. The van der Waals surface area contributed by atoms with E-state index in [0.717, 1.165) is 23.5 Å². The maximum atomic E-state index is 13.9. The molecule has 0 bridgehead atoms. The molecule has 2 radical (unpaired) electrons. The van der Waals surface area contributed by atoms with Gasteiger partial charge in [0.2, 0.25) is 0 Å². The van der Waals surface area contributed by atoms with Gasteiger partial charge < -0.3 is 9.05 Å². The molecular formula is C21H30BO3P2+. The van der Waals surface area contributed by atoms with Gasteiger partial charge in [0.05, 0.1) is 23.8 Å². The van der Waals surface area contributed by atoms with E-state index >= 15 is 0 Å². The van der Waals surface area contributed by atoms with Crippen molar-refractivity contribution in [3.8, 4) is 0 Å². The van der Waals surface area contributed by atoms with Crippen LogP contribution in [0.5, 0.6) is 0 Å². The predicted molar refractivity (Wildman–Crippen MR) is 119 cm³/mol. The molecule has 2 rings (SSSR count). The maximum Gasteiger partial charge on any atom is 0.378 e. The minimum Gasteiger partial charge on any atom is -0.306 e. The molecule has 27 heavy (non-hydrogen) atoms. The maximum absolute atomic E-state index is 13.9. The molecule has 0 aliphatic rings. The summed E-state index contributed by atoms with van der Waals surface area (Å²) in [6, 6.07) is 20.1. The zero-order chi connectivity index (χ0) is 19.8. The van der Waals surface area contributed by atoms with Crippen LogP contribution in [-0.2, 0) is 13.6 Å². The highest BCUT2D eigenvalue weighted by molar-refractivity contribution is 8.12. The fourth-order valence-corrected chi connectivity index (χ4v) is 10.9. The van der Waals surface area contributed by atoms with E-state index in [1.54, 1.807) is 0 Å². The topological polar surface area (TPSA) is 35.5 Å². The van der Waals surface area contributed by atoms with Crippen LogP contribution in [0, 0.1) is 0 Å². The Balaban J connectivity index is 2.68. The average Bonchev–Trinajstić information content (AvgIpc) is 2.69. The van der Waals surface area contributed by atoms with E-state index in [2.05, 4.69) is 6.92 Å². The number of unbranched alkanes of at least 4 members (excludes halogenated alkanes) is 1. The number of hydrogen-bond acceptors (Lipinski definition) is 3. The minimum atomic E-state index is -3.39. The first-order chi connectivity index (χ1) is 13.0. The van der Waals surface area contributed by atoms with Gasteiger partial charge in [-0.15, -0.1) is 0 Å². The standard InChI is InChI=1S/C21H30BO3P2/c1-4-7-18-21(27(23,24-5-2)25-6-3)26(22,19-14-10-8-11-15-19)20-16-12-9-13-17-20/h8-17,21H,4-7,18H2,1-3H3/q+1. The Labute approximate surface area is 166 Å². The van der Waals surface area contributed by atoms with Crippen molar-refractivity contribution >= 4 is 32.9 Å². The minimum absolute atomic E-state index is 0.337. The zero-order valence-corrected chi connectivity index (χ0v) is 18.4. The number of hydrogen-bond donors (Lipinski definition) is 0. The van der Waals surface area contributed by atoms with Crippen LogP contribution in [0.3, 0.4) is 0 Å². The molecule has 6 heteroatoms. The lowest BCUT2D eigenvalue weighted by molar-refractivity contribution is 0.217. The molecule has 2 aromatic rings. The molecule has 0 aliphatic heterocycles. The molecule has 1 unspecified atom stereocenters. The first kappa shape index (κ1) is 22.4. The van der Waals surface area contributed by atoms with E-state index in [0.29, 0.717) is 19.6 Å². The van der Waals surface area contributed by atoms with Crippen LogP contribution in [-0.4, -0.2) is 26.2 Å². The largest absolute Gasteiger partial charge is 0.378 e. The van der Waals surface area contributed by atoms with Crippen LogP contribution in [0.25, 0.3) is 0 Å². The highest BCUT2D eigenvalue weighted by Gasteiger charge is 2.55. The summed E-state index contributed by atoms with van der Waals surface area (Å²) in [4.78, 5) is 0. The molecule has 0 amide bonds. The van der Waals surface area contributed by atoms with Crippen molar-refractivity contribution in [3.63, 3.8) is 0 Å². The second kappa shape index (κ2) is 10.6. The number of benzene rings is 2. The third kappa shape index (κ3) is 5.12. The summed E-state index contributed by atoms with van der Waals surface area (Å²) >= 11 is 0. The Morgan fingerprint density at radius 3 is 1.70 bits per heavy atom. The lowest BCUT2D eigenvalue weighted by atomic mass is 10.3. The van der Waals surface area contributed by atoms with Crippen molar-refractivity contribution < 1.29 is 13.6 Å². The summed E-state index contributed by atoms with van der Waals surface area (Å²) in [5.74, 6) is 0. The Kier molecular flexibility index (Phi) is 8.77. The monoisotopic (exact) mass is 403 g/mol. The lowest BCUT2D eigenvalue weighted by Crippen LogP contribution is -2.33. The van der Waals surface area contributed by atoms with Crippen molar-refractivity contribution in [2.75, 3.05) is 13.2 Å². The van der Waals surface area contributed by atoms with Gasteiger partial charge in [-0.3, -0.25) is 4.57 Å². The Hall–Kier alpha value is -0.915. The Bertz CT molecular complexity index is 675. The average molecular weight is 403 g/mol. The van der Waals surface area contributed by atoms with Crippen LogP contribution in [0.15, 0.2) is 60.7 Å². The van der Waals surface area contributed by atoms with E-state index in [9.17, 15) is 4.57 Å². The van der Waals surface area contributed by atoms with Gasteiger partial charge in [-0.05, 0) is 51.0 Å². The molecule has 0 aromatic heterocycles. The normalized spacial score (nSPS) is 13.4. The molecule has 0 fully saturated rings. The van der Waals surface area contributed by atoms with Crippen LogP contribution in [0.2, 0.25) is 0 Å². The molecule has 2 aromatic carbocycles.